The average molecular weight is 438 g/mol. The van der Waals surface area contributed by atoms with Gasteiger partial charge in [0.25, 0.3) is 0 Å². The fraction of sp³-hybridized carbons (Fsp3) is 0.391. The Morgan fingerprint density at radius 2 is 2.13 bits per heavy atom. The summed E-state index contributed by atoms with van der Waals surface area (Å²) in [5.74, 6) is 5.60. The van der Waals surface area contributed by atoms with Gasteiger partial charge in [-0.2, -0.15) is 0 Å². The predicted octanol–water partition coefficient (Wildman–Crippen LogP) is 3.17. The zero-order chi connectivity index (χ0) is 22.2. The number of nitrogens with one attached hydrogen (secondary N) is 1. The molecule has 0 bridgehead atoms. The average Bonchev–Trinajstić information content (AvgIpc) is 3.50. The third-order valence-corrected chi connectivity index (χ3v) is 6.57. The lowest BCUT2D eigenvalue weighted by Crippen LogP contribution is -2.28. The quantitative estimate of drug-likeness (QED) is 0.586. The van der Waals surface area contributed by atoms with Crippen molar-refractivity contribution in [2.45, 2.75) is 26.2 Å². The van der Waals surface area contributed by atoms with Gasteiger partial charge in [0.05, 0.1) is 7.11 Å². The van der Waals surface area contributed by atoms with Gasteiger partial charge in [-0.25, -0.2) is 9.78 Å². The maximum absolute atomic E-state index is 12.3. The molecule has 1 saturated carbocycles. The maximum Gasteiger partial charge on any atom is 0.359 e. The van der Waals surface area contributed by atoms with Crippen molar-refractivity contribution in [3.63, 3.8) is 0 Å². The Hall–Kier alpha value is -3.18. The number of carbonyl (C=O) groups excluding carboxylic acids is 3. The zero-order valence-electron chi connectivity index (χ0n) is 17.7. The molecule has 7 nitrogen and oxygen atoms in total. The fourth-order valence-corrected chi connectivity index (χ4v) is 4.35. The number of carbonyl (C=O) groups is 3. The van der Waals surface area contributed by atoms with E-state index in [2.05, 4.69) is 22.1 Å². The summed E-state index contributed by atoms with van der Waals surface area (Å²) >= 11 is 1.23. The van der Waals surface area contributed by atoms with Crippen LogP contribution in [-0.4, -0.2) is 48.4 Å². The molecule has 1 saturated heterocycles. The minimum Gasteiger partial charge on any atom is -0.464 e. The lowest BCUT2D eigenvalue weighted by molar-refractivity contribution is -0.131. The van der Waals surface area contributed by atoms with Crippen molar-refractivity contribution in [3.8, 4) is 22.4 Å². The summed E-state index contributed by atoms with van der Waals surface area (Å²) in [6.45, 7) is 2.57. The van der Waals surface area contributed by atoms with Crippen LogP contribution in [0.3, 0.4) is 0 Å². The highest BCUT2D eigenvalue weighted by molar-refractivity contribution is 7.19. The van der Waals surface area contributed by atoms with Gasteiger partial charge in [-0.15, -0.1) is 0 Å². The van der Waals surface area contributed by atoms with Crippen LogP contribution in [0, 0.1) is 23.2 Å². The highest BCUT2D eigenvalue weighted by Gasteiger charge is 2.39. The summed E-state index contributed by atoms with van der Waals surface area (Å²) in [6.07, 6.45) is 2.43. The summed E-state index contributed by atoms with van der Waals surface area (Å²) in [5, 5.41) is 3.79. The van der Waals surface area contributed by atoms with Gasteiger partial charge in [-0.05, 0) is 38.3 Å². The van der Waals surface area contributed by atoms with Crippen molar-refractivity contribution in [1.82, 2.24) is 9.88 Å². The van der Waals surface area contributed by atoms with Crippen molar-refractivity contribution in [2.75, 3.05) is 26.0 Å². The topological polar surface area (TPSA) is 88.6 Å². The molecule has 1 aromatic heterocycles. The van der Waals surface area contributed by atoms with Crippen molar-refractivity contribution >= 4 is 34.1 Å². The number of nitrogens with zero attached hydrogens (tertiary/aromatic N) is 2. The van der Waals surface area contributed by atoms with E-state index >= 15 is 0 Å². The number of ether oxygens (including phenoxy) is 1. The highest BCUT2D eigenvalue weighted by Crippen LogP contribution is 2.36. The summed E-state index contributed by atoms with van der Waals surface area (Å²) in [4.78, 5) is 42.8. The monoisotopic (exact) mass is 437 g/mol. The SMILES string of the molecule is COC(=O)c1nc(-c2cccc(C#CC3(C)CCN(C)C3=O)c2)sc1NC(=O)C1CC1. The molecule has 4 rings (SSSR count). The van der Waals surface area contributed by atoms with E-state index in [9.17, 15) is 14.4 Å². The number of amides is 2. The van der Waals surface area contributed by atoms with Crippen LogP contribution >= 0.6 is 11.3 Å². The first-order valence-electron chi connectivity index (χ1n) is 10.1. The lowest BCUT2D eigenvalue weighted by atomic mass is 9.89. The van der Waals surface area contributed by atoms with Crippen LogP contribution < -0.4 is 5.32 Å². The van der Waals surface area contributed by atoms with Crippen molar-refractivity contribution in [1.29, 1.82) is 0 Å². The molecule has 2 heterocycles. The van der Waals surface area contributed by atoms with Gasteiger partial charge in [0, 0.05) is 30.6 Å². The molecule has 8 heteroatoms. The van der Waals surface area contributed by atoms with Crippen LogP contribution in [0.2, 0.25) is 0 Å². The first kappa shape index (κ1) is 21.1. The highest BCUT2D eigenvalue weighted by atomic mass is 32.1. The van der Waals surface area contributed by atoms with Gasteiger partial charge >= 0.3 is 5.97 Å². The van der Waals surface area contributed by atoms with E-state index in [1.165, 1.54) is 18.4 Å². The molecule has 1 aromatic carbocycles. The minimum atomic E-state index is -0.676. The van der Waals surface area contributed by atoms with Crippen molar-refractivity contribution in [2.24, 2.45) is 11.3 Å². The number of hydrogen-bond donors (Lipinski definition) is 1. The fourth-order valence-electron chi connectivity index (χ4n) is 3.40. The zero-order valence-corrected chi connectivity index (χ0v) is 18.5. The molecule has 2 fully saturated rings. The molecule has 1 atom stereocenters. The summed E-state index contributed by atoms with van der Waals surface area (Å²) in [6, 6.07) is 7.46. The summed E-state index contributed by atoms with van der Waals surface area (Å²) in [7, 11) is 3.07. The maximum atomic E-state index is 12.3. The van der Waals surface area contributed by atoms with Crippen LogP contribution in [0.25, 0.3) is 10.6 Å². The second-order valence-corrected chi connectivity index (χ2v) is 9.09. The third kappa shape index (κ3) is 4.32. The number of rotatable bonds is 4. The predicted molar refractivity (Wildman–Crippen MR) is 117 cm³/mol. The number of esters is 1. The van der Waals surface area contributed by atoms with E-state index in [1.54, 1.807) is 11.9 Å². The minimum absolute atomic E-state index is 0.00774. The summed E-state index contributed by atoms with van der Waals surface area (Å²) in [5.41, 5.74) is 0.943. The molecule has 2 aliphatic rings. The molecule has 2 amide bonds. The molecule has 1 aliphatic carbocycles. The number of likely N-dealkylation sites (tertiary alicyclic amines) is 1. The number of benzene rings is 1. The first-order chi connectivity index (χ1) is 14.8. The van der Waals surface area contributed by atoms with Crippen LogP contribution in [0.5, 0.6) is 0 Å². The molecule has 31 heavy (non-hydrogen) atoms. The van der Waals surface area contributed by atoms with E-state index in [4.69, 9.17) is 4.74 Å². The molecule has 0 radical (unpaired) electrons. The van der Waals surface area contributed by atoms with Crippen molar-refractivity contribution < 1.29 is 19.1 Å². The van der Waals surface area contributed by atoms with Crippen molar-refractivity contribution in [3.05, 3.63) is 35.5 Å². The molecule has 1 N–H and O–H groups in total. The van der Waals surface area contributed by atoms with E-state index in [0.717, 1.165) is 24.0 Å². The standard InChI is InChI=1S/C23H23N3O4S/c1-23(11-12-26(2)22(23)29)10-9-14-5-4-6-16(13-14)19-24-17(21(28)30-3)20(31-19)25-18(27)15-7-8-15/h4-6,13,15H,7-8,11-12H2,1-3H3,(H,25,27). The molecular weight excluding hydrogens is 414 g/mol. The number of thiazole rings is 1. The second kappa shape index (κ2) is 8.16. The van der Waals surface area contributed by atoms with E-state index < -0.39 is 11.4 Å². The van der Waals surface area contributed by atoms with Crippen LogP contribution in [0.15, 0.2) is 24.3 Å². The largest absolute Gasteiger partial charge is 0.464 e. The van der Waals surface area contributed by atoms with Gasteiger partial charge in [0.2, 0.25) is 11.8 Å². The third-order valence-electron chi connectivity index (χ3n) is 5.55. The van der Waals surface area contributed by atoms with Gasteiger partial charge in [-0.3, -0.25) is 9.59 Å². The number of hydrogen-bond acceptors (Lipinski definition) is 6. The molecule has 1 unspecified atom stereocenters. The van der Waals surface area contributed by atoms with Crippen LogP contribution in [-0.2, 0) is 14.3 Å². The Labute approximate surface area is 184 Å². The molecule has 160 valence electrons. The number of methoxy groups -OCH3 is 1. The Balaban J connectivity index is 1.62. The number of aromatic nitrogens is 1. The van der Waals surface area contributed by atoms with E-state index in [-0.39, 0.29) is 23.4 Å². The molecular formula is C23H23N3O4S. The lowest BCUT2D eigenvalue weighted by Gasteiger charge is -2.14. The summed E-state index contributed by atoms with van der Waals surface area (Å²) < 4.78 is 4.83. The Kier molecular flexibility index (Phi) is 5.54. The van der Waals surface area contributed by atoms with Gasteiger partial charge in [0.1, 0.15) is 15.4 Å². The first-order valence-corrected chi connectivity index (χ1v) is 10.9. The van der Waals surface area contributed by atoms with E-state index in [0.29, 0.717) is 23.0 Å². The van der Waals surface area contributed by atoms with Gasteiger partial charge in [-0.1, -0.05) is 35.3 Å². The molecule has 2 aromatic rings. The molecule has 1 aliphatic heterocycles. The smallest absolute Gasteiger partial charge is 0.359 e. The Bertz CT molecular complexity index is 1130. The Morgan fingerprint density at radius 1 is 1.35 bits per heavy atom. The van der Waals surface area contributed by atoms with Gasteiger partial charge < -0.3 is 15.0 Å². The van der Waals surface area contributed by atoms with Crippen LogP contribution in [0.4, 0.5) is 5.00 Å². The van der Waals surface area contributed by atoms with E-state index in [1.807, 2.05) is 31.2 Å². The Morgan fingerprint density at radius 3 is 2.77 bits per heavy atom. The second-order valence-electron chi connectivity index (χ2n) is 8.09. The molecule has 0 spiro atoms. The number of anilines is 1. The van der Waals surface area contributed by atoms with Crippen LogP contribution in [0.1, 0.15) is 42.2 Å². The van der Waals surface area contributed by atoms with Gasteiger partial charge in [0.15, 0.2) is 5.69 Å². The normalized spacial score (nSPS) is 20.2.